The van der Waals surface area contributed by atoms with Crippen molar-refractivity contribution in [1.82, 2.24) is 34.5 Å². The molecular weight excluding hydrogens is 400 g/mol. The minimum atomic E-state index is -0.303. The Hall–Kier alpha value is -4.18. The number of aromatic nitrogens is 7. The van der Waals surface area contributed by atoms with Crippen LogP contribution >= 0.6 is 11.3 Å². The first-order valence-corrected chi connectivity index (χ1v) is 9.83. The third-order valence-electron chi connectivity index (χ3n) is 4.25. The zero-order valence-electron chi connectivity index (χ0n) is 15.5. The number of hydrogen-bond acceptors (Lipinski definition) is 7. The first-order chi connectivity index (χ1) is 14.8. The molecule has 5 aromatic rings. The van der Waals surface area contributed by atoms with Crippen LogP contribution < -0.4 is 5.32 Å². The number of carbonyl (C=O) groups is 1. The SMILES string of the molecule is O=C(Nc1ccc(-n2cncn2)nc1)c1csc(-c2cnn(-c3ccccc3)c2)n1. The highest BCUT2D eigenvalue weighted by Gasteiger charge is 2.14. The Morgan fingerprint density at radius 1 is 1.00 bits per heavy atom. The Morgan fingerprint density at radius 2 is 1.90 bits per heavy atom. The van der Waals surface area contributed by atoms with Gasteiger partial charge >= 0.3 is 0 Å². The van der Waals surface area contributed by atoms with Crippen molar-refractivity contribution in [3.05, 3.63) is 84.8 Å². The first kappa shape index (κ1) is 17.9. The second kappa shape index (κ2) is 7.68. The molecule has 0 bridgehead atoms. The molecule has 1 N–H and O–H groups in total. The summed E-state index contributed by atoms with van der Waals surface area (Å²) in [5.74, 6) is 0.306. The minimum Gasteiger partial charge on any atom is -0.319 e. The van der Waals surface area contributed by atoms with Crippen LogP contribution in [0.3, 0.4) is 0 Å². The van der Waals surface area contributed by atoms with Gasteiger partial charge in [0.15, 0.2) is 5.82 Å². The zero-order valence-corrected chi connectivity index (χ0v) is 16.3. The lowest BCUT2D eigenvalue weighted by Gasteiger charge is -2.04. The van der Waals surface area contributed by atoms with E-state index < -0.39 is 0 Å². The van der Waals surface area contributed by atoms with E-state index in [9.17, 15) is 4.79 Å². The summed E-state index contributed by atoms with van der Waals surface area (Å²) in [4.78, 5) is 25.2. The van der Waals surface area contributed by atoms with Gasteiger partial charge in [0.2, 0.25) is 0 Å². The van der Waals surface area contributed by atoms with Crippen LogP contribution in [0.4, 0.5) is 5.69 Å². The molecule has 5 rings (SSSR count). The number of nitrogens with one attached hydrogen (secondary N) is 1. The average Bonchev–Trinajstić information content (AvgIpc) is 3.56. The molecular formula is C20H14N8OS. The van der Waals surface area contributed by atoms with Crippen molar-refractivity contribution in [2.75, 3.05) is 5.32 Å². The van der Waals surface area contributed by atoms with Crippen LogP contribution in [0.25, 0.3) is 22.1 Å². The summed E-state index contributed by atoms with van der Waals surface area (Å²) < 4.78 is 3.31. The van der Waals surface area contributed by atoms with Gasteiger partial charge < -0.3 is 5.32 Å². The number of amides is 1. The molecule has 30 heavy (non-hydrogen) atoms. The normalized spacial score (nSPS) is 10.8. The van der Waals surface area contributed by atoms with E-state index in [1.165, 1.54) is 22.3 Å². The standard InChI is InChI=1S/C20H14N8OS/c29-19(25-15-6-7-18(22-9-15)28-13-21-12-24-28)17-11-30-20(26-17)14-8-23-27(10-14)16-4-2-1-3-5-16/h1-13H,(H,25,29). The summed E-state index contributed by atoms with van der Waals surface area (Å²) in [6, 6.07) is 13.3. The number of benzene rings is 1. The minimum absolute atomic E-state index is 0.303. The molecule has 9 nitrogen and oxygen atoms in total. The topological polar surface area (TPSA) is 103 Å². The highest BCUT2D eigenvalue weighted by atomic mass is 32.1. The fourth-order valence-electron chi connectivity index (χ4n) is 2.78. The van der Waals surface area contributed by atoms with Crippen molar-refractivity contribution in [2.24, 2.45) is 0 Å². The molecule has 146 valence electrons. The molecule has 0 fully saturated rings. The molecule has 4 aromatic heterocycles. The van der Waals surface area contributed by atoms with Crippen molar-refractivity contribution in [2.45, 2.75) is 0 Å². The van der Waals surface area contributed by atoms with Crippen molar-refractivity contribution in [3.63, 3.8) is 0 Å². The van der Waals surface area contributed by atoms with Crippen LogP contribution in [0.1, 0.15) is 10.5 Å². The lowest BCUT2D eigenvalue weighted by molar-refractivity contribution is 0.102. The van der Waals surface area contributed by atoms with E-state index in [-0.39, 0.29) is 5.91 Å². The van der Waals surface area contributed by atoms with Crippen LogP contribution in [0, 0.1) is 0 Å². The predicted molar refractivity (Wildman–Crippen MR) is 112 cm³/mol. The van der Waals surface area contributed by atoms with Gasteiger partial charge in [0.25, 0.3) is 5.91 Å². The molecule has 0 spiro atoms. The number of pyridine rings is 1. The maximum absolute atomic E-state index is 12.6. The van der Waals surface area contributed by atoms with Crippen LogP contribution in [0.5, 0.6) is 0 Å². The van der Waals surface area contributed by atoms with Crippen molar-refractivity contribution < 1.29 is 4.79 Å². The van der Waals surface area contributed by atoms with Crippen molar-refractivity contribution in [1.29, 1.82) is 0 Å². The van der Waals surface area contributed by atoms with Gasteiger partial charge in [0.1, 0.15) is 23.4 Å². The van der Waals surface area contributed by atoms with E-state index in [0.29, 0.717) is 17.2 Å². The van der Waals surface area contributed by atoms with Gasteiger partial charge in [-0.25, -0.2) is 24.3 Å². The summed E-state index contributed by atoms with van der Waals surface area (Å²) in [5, 5.41) is 13.6. The third kappa shape index (κ3) is 3.59. The van der Waals surface area contributed by atoms with E-state index >= 15 is 0 Å². The second-order valence-corrected chi connectivity index (χ2v) is 7.10. The predicted octanol–water partition coefficient (Wildman–Crippen LogP) is 3.22. The molecule has 0 unspecified atom stereocenters. The number of thiazole rings is 1. The average molecular weight is 414 g/mol. The number of para-hydroxylation sites is 1. The molecule has 0 aliphatic heterocycles. The Morgan fingerprint density at radius 3 is 2.67 bits per heavy atom. The van der Waals surface area contributed by atoms with E-state index in [0.717, 1.165) is 16.3 Å². The number of rotatable bonds is 5. The Balaban J connectivity index is 1.29. The van der Waals surface area contributed by atoms with E-state index in [1.54, 1.807) is 40.9 Å². The zero-order chi connectivity index (χ0) is 20.3. The second-order valence-electron chi connectivity index (χ2n) is 6.25. The van der Waals surface area contributed by atoms with Crippen molar-refractivity contribution >= 4 is 22.9 Å². The summed E-state index contributed by atoms with van der Waals surface area (Å²) in [7, 11) is 0. The van der Waals surface area contributed by atoms with Gasteiger partial charge in [-0.15, -0.1) is 11.3 Å². The Kier molecular flexibility index (Phi) is 4.58. The van der Waals surface area contributed by atoms with Crippen LogP contribution in [-0.4, -0.2) is 40.4 Å². The molecule has 0 aliphatic carbocycles. The maximum atomic E-state index is 12.6. The first-order valence-electron chi connectivity index (χ1n) is 8.95. The molecule has 0 aliphatic rings. The number of carbonyl (C=O) groups excluding carboxylic acids is 1. The van der Waals surface area contributed by atoms with Gasteiger partial charge in [0.05, 0.1) is 23.8 Å². The van der Waals surface area contributed by atoms with Gasteiger partial charge in [-0.3, -0.25) is 4.79 Å². The monoisotopic (exact) mass is 414 g/mol. The molecule has 0 saturated heterocycles. The van der Waals surface area contributed by atoms with Crippen LogP contribution in [-0.2, 0) is 0 Å². The summed E-state index contributed by atoms with van der Waals surface area (Å²) in [6.45, 7) is 0. The Labute approximate surface area is 174 Å². The molecule has 1 aromatic carbocycles. The summed E-state index contributed by atoms with van der Waals surface area (Å²) >= 11 is 1.39. The smallest absolute Gasteiger partial charge is 0.275 e. The fraction of sp³-hybridized carbons (Fsp3) is 0. The fourth-order valence-corrected chi connectivity index (χ4v) is 3.56. The third-order valence-corrected chi connectivity index (χ3v) is 5.14. The maximum Gasteiger partial charge on any atom is 0.275 e. The van der Waals surface area contributed by atoms with E-state index in [2.05, 4.69) is 30.5 Å². The molecule has 1 amide bonds. The molecule has 0 atom stereocenters. The summed E-state index contributed by atoms with van der Waals surface area (Å²) in [6.07, 6.45) is 8.17. The number of hydrogen-bond donors (Lipinski definition) is 1. The van der Waals surface area contributed by atoms with Gasteiger partial charge in [-0.2, -0.15) is 10.2 Å². The lowest BCUT2D eigenvalue weighted by Crippen LogP contribution is -2.12. The van der Waals surface area contributed by atoms with Gasteiger partial charge in [-0.1, -0.05) is 18.2 Å². The van der Waals surface area contributed by atoms with Crippen molar-refractivity contribution in [3.8, 4) is 22.1 Å². The molecule has 0 radical (unpaired) electrons. The highest BCUT2D eigenvalue weighted by molar-refractivity contribution is 7.13. The highest BCUT2D eigenvalue weighted by Crippen LogP contribution is 2.24. The van der Waals surface area contributed by atoms with Crippen LogP contribution in [0.2, 0.25) is 0 Å². The number of anilines is 1. The summed E-state index contributed by atoms with van der Waals surface area (Å²) in [5.41, 5.74) is 2.71. The number of nitrogens with zero attached hydrogens (tertiary/aromatic N) is 7. The van der Waals surface area contributed by atoms with E-state index in [1.807, 2.05) is 36.5 Å². The van der Waals surface area contributed by atoms with Gasteiger partial charge in [-0.05, 0) is 24.3 Å². The van der Waals surface area contributed by atoms with E-state index in [4.69, 9.17) is 0 Å². The molecule has 4 heterocycles. The van der Waals surface area contributed by atoms with Gasteiger partial charge in [0, 0.05) is 17.1 Å². The largest absolute Gasteiger partial charge is 0.319 e. The Bertz CT molecular complexity index is 1280. The van der Waals surface area contributed by atoms with Crippen LogP contribution in [0.15, 0.2) is 79.1 Å². The quantitative estimate of drug-likeness (QED) is 0.474. The lowest BCUT2D eigenvalue weighted by atomic mass is 10.3. The molecule has 0 saturated carbocycles. The molecule has 10 heteroatoms.